The number of benzene rings is 1. The van der Waals surface area contributed by atoms with E-state index in [1.165, 1.54) is 30.2 Å². The normalized spacial score (nSPS) is 14.3. The molecule has 0 aliphatic heterocycles. The number of nitrogens with one attached hydrogen (secondary N) is 1. The van der Waals surface area contributed by atoms with Crippen LogP contribution in [0, 0.1) is 17.0 Å². The van der Waals surface area contributed by atoms with Gasteiger partial charge < -0.3 is 5.32 Å². The number of aromatic nitrogens is 2. The predicted molar refractivity (Wildman–Crippen MR) is 81.5 cm³/mol. The molecule has 1 saturated carbocycles. The fraction of sp³-hybridized carbons (Fsp3) is 0.429. The Morgan fingerprint density at radius 3 is 2.95 bits per heavy atom. The minimum absolute atomic E-state index is 0.0859. The zero-order chi connectivity index (χ0) is 14.8. The fourth-order valence-corrected chi connectivity index (χ4v) is 3.01. The molecule has 1 aromatic carbocycles. The molecule has 0 bridgehead atoms. The van der Waals surface area contributed by atoms with Crippen LogP contribution in [0.15, 0.2) is 18.2 Å². The second kappa shape index (κ2) is 5.87. The van der Waals surface area contributed by atoms with E-state index in [2.05, 4.69) is 15.5 Å². The van der Waals surface area contributed by atoms with Crippen molar-refractivity contribution in [1.82, 2.24) is 15.5 Å². The van der Waals surface area contributed by atoms with Crippen molar-refractivity contribution in [3.05, 3.63) is 38.9 Å². The minimum Gasteiger partial charge on any atom is -0.314 e. The monoisotopic (exact) mass is 304 g/mol. The highest BCUT2D eigenvalue weighted by atomic mass is 32.1. The topological polar surface area (TPSA) is 81.0 Å². The lowest BCUT2D eigenvalue weighted by Gasteiger charge is -2.01. The van der Waals surface area contributed by atoms with E-state index in [1.54, 1.807) is 12.1 Å². The molecule has 0 atom stereocenters. The molecule has 1 aromatic heterocycles. The predicted octanol–water partition coefficient (Wildman–Crippen LogP) is 2.72. The zero-order valence-electron chi connectivity index (χ0n) is 11.7. The van der Waals surface area contributed by atoms with E-state index in [1.807, 2.05) is 6.92 Å². The number of hydrogen-bond acceptors (Lipinski definition) is 6. The lowest BCUT2D eigenvalue weighted by molar-refractivity contribution is -0.384. The minimum atomic E-state index is -0.384. The van der Waals surface area contributed by atoms with Crippen molar-refractivity contribution in [3.8, 4) is 10.6 Å². The van der Waals surface area contributed by atoms with E-state index in [0.717, 1.165) is 34.1 Å². The van der Waals surface area contributed by atoms with Gasteiger partial charge in [0, 0.05) is 36.7 Å². The van der Waals surface area contributed by atoms with Gasteiger partial charge in [0.05, 0.1) is 4.92 Å². The number of nitrogens with zero attached hydrogens (tertiary/aromatic N) is 3. The summed E-state index contributed by atoms with van der Waals surface area (Å²) >= 11 is 1.51. The van der Waals surface area contributed by atoms with Crippen molar-refractivity contribution in [2.45, 2.75) is 32.2 Å². The smallest absolute Gasteiger partial charge is 0.270 e. The molecule has 6 nitrogen and oxygen atoms in total. The highest BCUT2D eigenvalue weighted by molar-refractivity contribution is 7.14. The molecule has 1 N–H and O–H groups in total. The summed E-state index contributed by atoms with van der Waals surface area (Å²) in [6, 6.07) is 5.53. The first-order chi connectivity index (χ1) is 10.1. The summed E-state index contributed by atoms with van der Waals surface area (Å²) in [5.41, 5.74) is 1.85. The van der Waals surface area contributed by atoms with Crippen molar-refractivity contribution < 1.29 is 4.92 Å². The summed E-state index contributed by atoms with van der Waals surface area (Å²) in [6.07, 6.45) is 3.39. The lowest BCUT2D eigenvalue weighted by atomic mass is 10.1. The van der Waals surface area contributed by atoms with Crippen molar-refractivity contribution in [2.24, 2.45) is 0 Å². The zero-order valence-corrected chi connectivity index (χ0v) is 12.5. The number of hydrogen-bond donors (Lipinski definition) is 1. The van der Waals surface area contributed by atoms with E-state index in [-0.39, 0.29) is 10.6 Å². The quantitative estimate of drug-likeness (QED) is 0.655. The Hall–Kier alpha value is -1.86. The highest BCUT2D eigenvalue weighted by Crippen LogP contribution is 2.30. The van der Waals surface area contributed by atoms with Gasteiger partial charge in [0.2, 0.25) is 0 Å². The van der Waals surface area contributed by atoms with Crippen molar-refractivity contribution in [1.29, 1.82) is 0 Å². The molecule has 0 unspecified atom stereocenters. The molecule has 1 aliphatic carbocycles. The fourth-order valence-electron chi connectivity index (χ4n) is 2.09. The summed E-state index contributed by atoms with van der Waals surface area (Å²) in [5, 5.41) is 24.4. The Bertz CT molecular complexity index is 667. The number of nitro groups is 1. The average molecular weight is 304 g/mol. The van der Waals surface area contributed by atoms with Crippen LogP contribution < -0.4 is 5.32 Å². The first-order valence-corrected chi connectivity index (χ1v) is 7.76. The lowest BCUT2D eigenvalue weighted by Crippen LogP contribution is -2.19. The molecule has 110 valence electrons. The SMILES string of the molecule is Cc1ccc([N+](=O)[O-])cc1-c1nnc(CCNC2CC2)s1. The van der Waals surface area contributed by atoms with Crippen LogP contribution in [-0.4, -0.2) is 27.7 Å². The Morgan fingerprint density at radius 1 is 1.43 bits per heavy atom. The van der Waals surface area contributed by atoms with Gasteiger partial charge in [-0.05, 0) is 25.3 Å². The first kappa shape index (κ1) is 14.1. The Kier molecular flexibility index (Phi) is 3.94. The molecule has 2 aromatic rings. The second-order valence-electron chi connectivity index (χ2n) is 5.24. The summed E-state index contributed by atoms with van der Waals surface area (Å²) < 4.78 is 0. The van der Waals surface area contributed by atoms with E-state index in [0.29, 0.717) is 6.04 Å². The van der Waals surface area contributed by atoms with Crippen LogP contribution in [-0.2, 0) is 6.42 Å². The largest absolute Gasteiger partial charge is 0.314 e. The van der Waals surface area contributed by atoms with E-state index in [4.69, 9.17) is 0 Å². The van der Waals surface area contributed by atoms with E-state index >= 15 is 0 Å². The number of non-ortho nitro benzene ring substituents is 1. The highest BCUT2D eigenvalue weighted by Gasteiger charge is 2.20. The van der Waals surface area contributed by atoms with E-state index in [9.17, 15) is 10.1 Å². The molecular formula is C14H16N4O2S. The molecule has 7 heteroatoms. The molecule has 1 aliphatic rings. The van der Waals surface area contributed by atoms with Gasteiger partial charge in [0.25, 0.3) is 5.69 Å². The third-order valence-corrected chi connectivity index (χ3v) is 4.49. The third kappa shape index (κ3) is 3.43. The van der Waals surface area contributed by atoms with Crippen LogP contribution >= 0.6 is 11.3 Å². The van der Waals surface area contributed by atoms with Gasteiger partial charge in [-0.2, -0.15) is 0 Å². The molecule has 0 spiro atoms. The van der Waals surface area contributed by atoms with Crippen molar-refractivity contribution in [2.75, 3.05) is 6.54 Å². The van der Waals surface area contributed by atoms with E-state index < -0.39 is 0 Å². The molecule has 21 heavy (non-hydrogen) atoms. The number of rotatable bonds is 6. The maximum absolute atomic E-state index is 10.9. The Balaban J connectivity index is 1.75. The second-order valence-corrected chi connectivity index (χ2v) is 6.30. The van der Waals surface area contributed by atoms with Crippen LogP contribution in [0.3, 0.4) is 0 Å². The van der Waals surface area contributed by atoms with Crippen LogP contribution in [0.25, 0.3) is 10.6 Å². The van der Waals surface area contributed by atoms with Crippen molar-refractivity contribution in [3.63, 3.8) is 0 Å². The van der Waals surface area contributed by atoms with Gasteiger partial charge in [0.15, 0.2) is 0 Å². The van der Waals surface area contributed by atoms with Crippen LogP contribution in [0.4, 0.5) is 5.69 Å². The van der Waals surface area contributed by atoms with Gasteiger partial charge in [0.1, 0.15) is 10.0 Å². The summed E-state index contributed by atoms with van der Waals surface area (Å²) in [6.45, 7) is 2.84. The molecular weight excluding hydrogens is 288 g/mol. The van der Waals surface area contributed by atoms with Crippen LogP contribution in [0.5, 0.6) is 0 Å². The molecule has 0 radical (unpaired) electrons. The van der Waals surface area contributed by atoms with Crippen molar-refractivity contribution >= 4 is 17.0 Å². The Morgan fingerprint density at radius 2 is 2.24 bits per heavy atom. The van der Waals surface area contributed by atoms with Gasteiger partial charge in [-0.15, -0.1) is 10.2 Å². The Labute approximate surface area is 126 Å². The third-order valence-electron chi connectivity index (χ3n) is 3.48. The maximum atomic E-state index is 10.9. The van der Waals surface area contributed by atoms with Gasteiger partial charge in [-0.25, -0.2) is 0 Å². The first-order valence-electron chi connectivity index (χ1n) is 6.94. The summed E-state index contributed by atoms with van der Waals surface area (Å²) in [4.78, 5) is 10.5. The van der Waals surface area contributed by atoms with Gasteiger partial charge >= 0.3 is 0 Å². The number of aryl methyl sites for hydroxylation is 1. The van der Waals surface area contributed by atoms with Gasteiger partial charge in [-0.1, -0.05) is 17.4 Å². The average Bonchev–Trinajstić information content (AvgIpc) is 3.16. The van der Waals surface area contributed by atoms with Gasteiger partial charge in [-0.3, -0.25) is 10.1 Å². The molecule has 1 heterocycles. The van der Waals surface area contributed by atoms with Crippen LogP contribution in [0.1, 0.15) is 23.4 Å². The summed E-state index contributed by atoms with van der Waals surface area (Å²) in [5.74, 6) is 0. The molecule has 3 rings (SSSR count). The molecule has 0 amide bonds. The van der Waals surface area contributed by atoms with Crippen LogP contribution in [0.2, 0.25) is 0 Å². The number of nitro benzene ring substituents is 1. The molecule has 1 fully saturated rings. The maximum Gasteiger partial charge on any atom is 0.270 e. The standard InChI is InChI=1S/C14H16N4O2S/c1-9-2-5-11(18(19)20)8-12(9)14-17-16-13(21-14)6-7-15-10-3-4-10/h2,5,8,10,15H,3-4,6-7H2,1H3. The molecule has 0 saturated heterocycles. The summed E-state index contributed by atoms with van der Waals surface area (Å²) in [7, 11) is 0.